The highest BCUT2D eigenvalue weighted by Gasteiger charge is 2.07. The molecule has 0 saturated carbocycles. The molecule has 1 N–H and O–H groups in total. The van der Waals surface area contributed by atoms with Crippen molar-refractivity contribution in [3.05, 3.63) is 71.3 Å². The van der Waals surface area contributed by atoms with E-state index in [-0.39, 0.29) is 12.4 Å². The minimum atomic E-state index is 0. The Hall–Kier alpha value is -1.86. The molecule has 3 rings (SSSR count). The molecule has 0 radical (unpaired) electrons. The van der Waals surface area contributed by atoms with Gasteiger partial charge in [-0.1, -0.05) is 65.8 Å². The molecule has 0 atom stereocenters. The van der Waals surface area contributed by atoms with Crippen LogP contribution >= 0.6 is 35.8 Å². The van der Waals surface area contributed by atoms with E-state index < -0.39 is 0 Å². The third-order valence-electron chi connectivity index (χ3n) is 3.39. The second kappa shape index (κ2) is 11.0. The third kappa shape index (κ3) is 6.14. The largest absolute Gasteiger partial charge is 0.312 e. The fourth-order valence-corrected chi connectivity index (χ4v) is 3.08. The average Bonchev–Trinajstić information content (AvgIpc) is 3.12. The highest BCUT2D eigenvalue weighted by atomic mass is 35.5. The van der Waals surface area contributed by atoms with Gasteiger partial charge in [0.1, 0.15) is 0 Å². The van der Waals surface area contributed by atoms with Crippen molar-refractivity contribution in [2.75, 3.05) is 18.8 Å². The number of hydrogen-bond acceptors (Lipinski definition) is 5. The molecule has 136 valence electrons. The first kappa shape index (κ1) is 20.5. The van der Waals surface area contributed by atoms with Crippen molar-refractivity contribution in [1.82, 2.24) is 25.5 Å². The fourth-order valence-electron chi connectivity index (χ4n) is 2.17. The van der Waals surface area contributed by atoms with Crippen LogP contribution in [0.5, 0.6) is 0 Å². The third-order valence-corrected chi connectivity index (χ3v) is 4.57. The number of nitrogens with zero attached hydrogens (tertiary/aromatic N) is 4. The maximum atomic E-state index is 5.87. The predicted octanol–water partition coefficient (Wildman–Crippen LogP) is 4.13. The van der Waals surface area contributed by atoms with Crippen LogP contribution in [-0.4, -0.2) is 39.0 Å². The van der Waals surface area contributed by atoms with Crippen molar-refractivity contribution in [2.24, 2.45) is 0 Å². The van der Waals surface area contributed by atoms with Gasteiger partial charge in [0.2, 0.25) is 5.16 Å². The molecule has 0 fully saturated rings. The lowest BCUT2D eigenvalue weighted by molar-refractivity contribution is 0.754. The molecule has 0 aliphatic carbocycles. The van der Waals surface area contributed by atoms with Gasteiger partial charge >= 0.3 is 0 Å². The normalized spacial score (nSPS) is 10.8. The second-order valence-corrected chi connectivity index (χ2v) is 6.71. The number of halogens is 2. The van der Waals surface area contributed by atoms with Crippen LogP contribution in [0.4, 0.5) is 0 Å². The zero-order chi connectivity index (χ0) is 17.3. The smallest absolute Gasteiger partial charge is 0.214 e. The van der Waals surface area contributed by atoms with Crippen molar-refractivity contribution >= 4 is 41.8 Å². The number of rotatable bonds is 8. The van der Waals surface area contributed by atoms with Crippen LogP contribution in [0.25, 0.3) is 11.8 Å². The molecule has 0 amide bonds. The monoisotopic (exact) mass is 407 g/mol. The molecule has 8 heteroatoms. The van der Waals surface area contributed by atoms with Crippen molar-refractivity contribution in [3.8, 4) is 5.69 Å². The summed E-state index contributed by atoms with van der Waals surface area (Å²) in [6.45, 7) is 1.68. The number of benzene rings is 2. The van der Waals surface area contributed by atoms with Gasteiger partial charge in [-0.05, 0) is 40.3 Å². The van der Waals surface area contributed by atoms with Crippen LogP contribution in [-0.2, 0) is 0 Å². The summed E-state index contributed by atoms with van der Waals surface area (Å²) in [7, 11) is 0. The summed E-state index contributed by atoms with van der Waals surface area (Å²) in [6, 6.07) is 17.7. The van der Waals surface area contributed by atoms with Crippen LogP contribution in [0.3, 0.4) is 0 Å². The van der Waals surface area contributed by atoms with Gasteiger partial charge in [0.25, 0.3) is 0 Å². The first-order valence-corrected chi connectivity index (χ1v) is 9.29. The summed E-state index contributed by atoms with van der Waals surface area (Å²) in [6.07, 6.45) is 4.17. The highest BCUT2D eigenvalue weighted by molar-refractivity contribution is 7.99. The minimum Gasteiger partial charge on any atom is -0.312 e. The number of hydrogen-bond donors (Lipinski definition) is 1. The van der Waals surface area contributed by atoms with E-state index in [9.17, 15) is 0 Å². The molecular weight excluding hydrogens is 389 g/mol. The molecule has 0 spiro atoms. The van der Waals surface area contributed by atoms with E-state index in [0.29, 0.717) is 0 Å². The summed E-state index contributed by atoms with van der Waals surface area (Å²) in [5.41, 5.74) is 2.11. The van der Waals surface area contributed by atoms with Crippen molar-refractivity contribution < 1.29 is 0 Å². The first-order chi connectivity index (χ1) is 12.3. The topological polar surface area (TPSA) is 55.6 Å². The number of nitrogens with one attached hydrogen (secondary N) is 1. The van der Waals surface area contributed by atoms with Crippen molar-refractivity contribution in [3.63, 3.8) is 0 Å². The molecule has 3 aromatic rings. The summed E-state index contributed by atoms with van der Waals surface area (Å²) >= 11 is 7.50. The molecule has 0 unspecified atom stereocenters. The maximum Gasteiger partial charge on any atom is 0.214 e. The molecule has 0 aliphatic rings. The van der Waals surface area contributed by atoms with Crippen LogP contribution in [0.2, 0.25) is 5.02 Å². The number of para-hydroxylation sites is 1. The van der Waals surface area contributed by atoms with Gasteiger partial charge in [-0.25, -0.2) is 0 Å². The Morgan fingerprint density at radius 1 is 1.08 bits per heavy atom. The zero-order valence-electron chi connectivity index (χ0n) is 14.0. The molecule has 5 nitrogen and oxygen atoms in total. The van der Waals surface area contributed by atoms with E-state index in [0.717, 1.165) is 40.3 Å². The Kier molecular flexibility index (Phi) is 8.64. The Balaban J connectivity index is 0.00000243. The van der Waals surface area contributed by atoms with Crippen LogP contribution < -0.4 is 5.32 Å². The number of aromatic nitrogens is 4. The molecular formula is C18H19Cl2N5S. The Morgan fingerprint density at radius 3 is 2.62 bits per heavy atom. The molecule has 1 heterocycles. The van der Waals surface area contributed by atoms with Crippen LogP contribution in [0.1, 0.15) is 5.56 Å². The molecule has 1 aromatic heterocycles. The zero-order valence-corrected chi connectivity index (χ0v) is 16.3. The van der Waals surface area contributed by atoms with Crippen LogP contribution in [0, 0.1) is 0 Å². The van der Waals surface area contributed by atoms with Gasteiger partial charge in [-0.2, -0.15) is 4.68 Å². The Morgan fingerprint density at radius 2 is 1.85 bits per heavy atom. The molecule has 2 aromatic carbocycles. The van der Waals surface area contributed by atoms with Gasteiger partial charge < -0.3 is 5.32 Å². The number of thioether (sulfide) groups is 1. The summed E-state index contributed by atoms with van der Waals surface area (Å²) < 4.78 is 1.76. The van der Waals surface area contributed by atoms with Gasteiger partial charge in [0, 0.05) is 23.9 Å². The molecule has 0 aliphatic heterocycles. The summed E-state index contributed by atoms with van der Waals surface area (Å²) in [4.78, 5) is 0. The molecule has 26 heavy (non-hydrogen) atoms. The van der Waals surface area contributed by atoms with Gasteiger partial charge in [0.15, 0.2) is 0 Å². The minimum absolute atomic E-state index is 0. The predicted molar refractivity (Wildman–Crippen MR) is 110 cm³/mol. The first-order valence-electron chi connectivity index (χ1n) is 7.92. The summed E-state index contributed by atoms with van der Waals surface area (Å²) in [5, 5.41) is 16.8. The second-order valence-electron chi connectivity index (χ2n) is 5.22. The SMILES string of the molecule is Cl.Clc1ccc(/C=C/CNCCSc2nnnn2-c2ccccc2)cc1. The lowest BCUT2D eigenvalue weighted by Gasteiger charge is -2.04. The van der Waals surface area contributed by atoms with E-state index in [2.05, 4.69) is 33.0 Å². The summed E-state index contributed by atoms with van der Waals surface area (Å²) in [5.74, 6) is 0.891. The Labute approximate surface area is 168 Å². The van der Waals surface area contributed by atoms with E-state index in [4.69, 9.17) is 11.6 Å². The molecule has 0 bridgehead atoms. The van der Waals surface area contributed by atoms with Crippen LogP contribution in [0.15, 0.2) is 65.8 Å². The van der Waals surface area contributed by atoms with Crippen molar-refractivity contribution in [1.29, 1.82) is 0 Å². The number of tetrazole rings is 1. The van der Waals surface area contributed by atoms with Gasteiger partial charge in [0.05, 0.1) is 5.69 Å². The van der Waals surface area contributed by atoms with E-state index in [1.165, 1.54) is 0 Å². The highest BCUT2D eigenvalue weighted by Crippen LogP contribution is 2.17. The fraction of sp³-hybridized carbons (Fsp3) is 0.167. The average molecular weight is 408 g/mol. The van der Waals surface area contributed by atoms with E-state index in [1.54, 1.807) is 16.4 Å². The quantitative estimate of drug-likeness (QED) is 0.449. The lowest BCUT2D eigenvalue weighted by Crippen LogP contribution is -2.17. The lowest BCUT2D eigenvalue weighted by atomic mass is 10.2. The van der Waals surface area contributed by atoms with E-state index in [1.807, 2.05) is 54.6 Å². The molecule has 0 saturated heterocycles. The van der Waals surface area contributed by atoms with E-state index >= 15 is 0 Å². The maximum absolute atomic E-state index is 5.87. The Bertz CT molecular complexity index is 806. The van der Waals surface area contributed by atoms with Gasteiger partial charge in [-0.3, -0.25) is 0 Å². The standard InChI is InChI=1S/C18H18ClN5S.ClH/c19-16-10-8-15(9-11-16)5-4-12-20-13-14-25-18-21-22-23-24(18)17-6-2-1-3-7-17;/h1-11,20H,12-14H2;1H/b5-4+;. The van der Waals surface area contributed by atoms with Gasteiger partial charge in [-0.15, -0.1) is 17.5 Å². The van der Waals surface area contributed by atoms with Crippen molar-refractivity contribution in [2.45, 2.75) is 5.16 Å².